The Morgan fingerprint density at radius 2 is 1.96 bits per heavy atom. The number of nitrogens with zero attached hydrogens (tertiary/aromatic N) is 6. The Morgan fingerprint density at radius 3 is 2.78 bits per heavy atom. The molecule has 0 radical (unpaired) electrons. The van der Waals surface area contributed by atoms with Crippen LogP contribution in [0.2, 0.25) is 0 Å². The van der Waals surface area contributed by atoms with Crippen molar-refractivity contribution in [3.63, 3.8) is 0 Å². The summed E-state index contributed by atoms with van der Waals surface area (Å²) in [7, 11) is 2.04. The molecule has 4 heterocycles. The van der Waals surface area contributed by atoms with Crippen molar-refractivity contribution >= 4 is 12.0 Å². The fraction of sp³-hybridized carbons (Fsp3) is 0.800. The number of ether oxygens (including phenoxy) is 1. The average molecular weight is 320 g/mol. The van der Waals surface area contributed by atoms with E-state index in [-0.39, 0.29) is 12.1 Å². The lowest BCUT2D eigenvalue weighted by Crippen LogP contribution is -2.52. The van der Waals surface area contributed by atoms with Gasteiger partial charge in [-0.25, -0.2) is 4.79 Å². The molecular formula is C15H24N6O2. The summed E-state index contributed by atoms with van der Waals surface area (Å²) in [5.74, 6) is 1.92. The quantitative estimate of drug-likeness (QED) is 0.805. The number of anilines is 1. The van der Waals surface area contributed by atoms with Gasteiger partial charge in [-0.2, -0.15) is 0 Å². The minimum absolute atomic E-state index is 0.137. The van der Waals surface area contributed by atoms with Crippen molar-refractivity contribution in [2.75, 3.05) is 44.2 Å². The van der Waals surface area contributed by atoms with Crippen LogP contribution in [-0.4, -0.2) is 76.0 Å². The Balaban J connectivity index is 1.44. The van der Waals surface area contributed by atoms with Gasteiger partial charge in [0.25, 0.3) is 0 Å². The van der Waals surface area contributed by atoms with Crippen LogP contribution < -0.4 is 4.90 Å². The number of piperazine rings is 1. The molecule has 23 heavy (non-hydrogen) atoms. The second kappa shape index (κ2) is 5.99. The maximum Gasteiger partial charge on any atom is 0.410 e. The van der Waals surface area contributed by atoms with Crippen molar-refractivity contribution in [2.24, 2.45) is 7.05 Å². The fourth-order valence-electron chi connectivity index (χ4n) is 3.75. The maximum atomic E-state index is 11.6. The lowest BCUT2D eigenvalue weighted by atomic mass is 10.1. The Kier molecular flexibility index (Phi) is 3.84. The molecule has 1 atom stereocenters. The zero-order chi connectivity index (χ0) is 15.8. The Labute approximate surface area is 136 Å². The standard InChI is InChI=1S/C15H24N6O2/c1-18-13(10-19-5-3-2-4-6-19)16-17-14(18)20-7-8-21-12(9-20)11-23-15(21)22/h12H,2-11H2,1H3. The molecule has 3 aliphatic heterocycles. The normalized spacial score (nSPS) is 25.6. The number of fused-ring (bicyclic) bond motifs is 1. The van der Waals surface area contributed by atoms with Crippen LogP contribution in [0.25, 0.3) is 0 Å². The van der Waals surface area contributed by atoms with E-state index < -0.39 is 0 Å². The van der Waals surface area contributed by atoms with Gasteiger partial charge in [0.15, 0.2) is 0 Å². The van der Waals surface area contributed by atoms with Crippen molar-refractivity contribution in [3.05, 3.63) is 5.82 Å². The van der Waals surface area contributed by atoms with Gasteiger partial charge in [0.05, 0.1) is 12.6 Å². The van der Waals surface area contributed by atoms with E-state index in [1.54, 1.807) is 0 Å². The highest BCUT2D eigenvalue weighted by Crippen LogP contribution is 2.22. The summed E-state index contributed by atoms with van der Waals surface area (Å²) < 4.78 is 7.23. The third-order valence-corrected chi connectivity index (χ3v) is 5.16. The van der Waals surface area contributed by atoms with E-state index in [4.69, 9.17) is 4.74 Å². The first kappa shape index (κ1) is 14.7. The number of amides is 1. The Hall–Kier alpha value is -1.83. The molecule has 0 aromatic carbocycles. The number of likely N-dealkylation sites (tertiary alicyclic amines) is 1. The number of hydrogen-bond acceptors (Lipinski definition) is 6. The summed E-state index contributed by atoms with van der Waals surface area (Å²) >= 11 is 0. The highest BCUT2D eigenvalue weighted by Gasteiger charge is 2.38. The molecular weight excluding hydrogens is 296 g/mol. The van der Waals surface area contributed by atoms with Crippen LogP contribution in [0.5, 0.6) is 0 Å². The number of carbonyl (C=O) groups is 1. The summed E-state index contributed by atoms with van der Waals surface area (Å²) in [6.07, 6.45) is 3.72. The van der Waals surface area contributed by atoms with Gasteiger partial charge < -0.3 is 9.64 Å². The Bertz CT molecular complexity index is 583. The smallest absolute Gasteiger partial charge is 0.410 e. The van der Waals surface area contributed by atoms with Crippen LogP contribution in [0.4, 0.5) is 10.7 Å². The molecule has 1 aromatic rings. The second-order valence-corrected chi connectivity index (χ2v) is 6.68. The fourth-order valence-corrected chi connectivity index (χ4v) is 3.75. The van der Waals surface area contributed by atoms with Crippen LogP contribution in [0, 0.1) is 0 Å². The van der Waals surface area contributed by atoms with Crippen molar-refractivity contribution in [2.45, 2.75) is 31.8 Å². The molecule has 0 bridgehead atoms. The van der Waals surface area contributed by atoms with Gasteiger partial charge in [-0.3, -0.25) is 14.4 Å². The van der Waals surface area contributed by atoms with E-state index in [0.717, 1.165) is 44.5 Å². The zero-order valence-corrected chi connectivity index (χ0v) is 13.6. The highest BCUT2D eigenvalue weighted by atomic mass is 16.6. The van der Waals surface area contributed by atoms with E-state index >= 15 is 0 Å². The lowest BCUT2D eigenvalue weighted by Gasteiger charge is -2.35. The van der Waals surface area contributed by atoms with E-state index in [0.29, 0.717) is 13.2 Å². The molecule has 8 nitrogen and oxygen atoms in total. The first-order chi connectivity index (χ1) is 11.2. The topological polar surface area (TPSA) is 66.7 Å². The third kappa shape index (κ3) is 2.75. The monoisotopic (exact) mass is 320 g/mol. The number of cyclic esters (lactones) is 1. The molecule has 3 aliphatic rings. The molecule has 4 rings (SSSR count). The van der Waals surface area contributed by atoms with Crippen molar-refractivity contribution in [1.29, 1.82) is 0 Å². The first-order valence-electron chi connectivity index (χ1n) is 8.51. The van der Waals surface area contributed by atoms with Gasteiger partial charge in [-0.1, -0.05) is 6.42 Å². The minimum atomic E-state index is -0.182. The molecule has 126 valence electrons. The molecule has 8 heteroatoms. The van der Waals surface area contributed by atoms with Gasteiger partial charge in [-0.15, -0.1) is 10.2 Å². The highest BCUT2D eigenvalue weighted by molar-refractivity contribution is 5.70. The van der Waals surface area contributed by atoms with Gasteiger partial charge in [0.2, 0.25) is 5.95 Å². The first-order valence-corrected chi connectivity index (χ1v) is 8.51. The molecule has 0 N–H and O–H groups in total. The van der Waals surface area contributed by atoms with Gasteiger partial charge in [-0.05, 0) is 25.9 Å². The van der Waals surface area contributed by atoms with Crippen LogP contribution in [0.1, 0.15) is 25.1 Å². The van der Waals surface area contributed by atoms with E-state index in [9.17, 15) is 4.79 Å². The predicted octanol–water partition coefficient (Wildman–Crippen LogP) is 0.442. The molecule has 3 saturated heterocycles. The Morgan fingerprint density at radius 1 is 1.13 bits per heavy atom. The number of piperidine rings is 1. The molecule has 0 aliphatic carbocycles. The summed E-state index contributed by atoms with van der Waals surface area (Å²) in [5, 5.41) is 8.81. The average Bonchev–Trinajstić information content (AvgIpc) is 3.12. The summed E-state index contributed by atoms with van der Waals surface area (Å²) in [6, 6.07) is 0.137. The number of hydrogen-bond donors (Lipinski definition) is 0. The molecule has 3 fully saturated rings. The molecule has 1 aromatic heterocycles. The molecule has 0 spiro atoms. The summed E-state index contributed by atoms with van der Waals surface area (Å²) in [5.41, 5.74) is 0. The van der Waals surface area contributed by atoms with E-state index in [2.05, 4.69) is 24.6 Å². The SMILES string of the molecule is Cn1c(CN2CCCCC2)nnc1N1CCN2C(=O)OCC2C1. The number of carbonyl (C=O) groups excluding carboxylic acids is 1. The van der Waals surface area contributed by atoms with E-state index in [1.165, 1.54) is 19.3 Å². The zero-order valence-electron chi connectivity index (χ0n) is 13.6. The van der Waals surface area contributed by atoms with Crippen LogP contribution in [-0.2, 0) is 18.3 Å². The van der Waals surface area contributed by atoms with Crippen molar-refractivity contribution < 1.29 is 9.53 Å². The minimum Gasteiger partial charge on any atom is -0.447 e. The van der Waals surface area contributed by atoms with Crippen LogP contribution >= 0.6 is 0 Å². The van der Waals surface area contributed by atoms with Gasteiger partial charge in [0.1, 0.15) is 12.4 Å². The van der Waals surface area contributed by atoms with Crippen LogP contribution in [0.3, 0.4) is 0 Å². The third-order valence-electron chi connectivity index (χ3n) is 5.16. The number of aromatic nitrogens is 3. The molecule has 1 unspecified atom stereocenters. The molecule has 1 amide bonds. The maximum absolute atomic E-state index is 11.6. The summed E-state index contributed by atoms with van der Waals surface area (Å²) in [6.45, 7) is 5.90. The summed E-state index contributed by atoms with van der Waals surface area (Å²) in [4.78, 5) is 18.1. The van der Waals surface area contributed by atoms with Crippen molar-refractivity contribution in [1.82, 2.24) is 24.6 Å². The van der Waals surface area contributed by atoms with Gasteiger partial charge >= 0.3 is 6.09 Å². The molecule has 0 saturated carbocycles. The van der Waals surface area contributed by atoms with Crippen molar-refractivity contribution in [3.8, 4) is 0 Å². The van der Waals surface area contributed by atoms with Crippen LogP contribution in [0.15, 0.2) is 0 Å². The van der Waals surface area contributed by atoms with E-state index in [1.807, 2.05) is 11.9 Å². The predicted molar refractivity (Wildman–Crippen MR) is 84.2 cm³/mol. The van der Waals surface area contributed by atoms with Gasteiger partial charge in [0, 0.05) is 26.7 Å². The largest absolute Gasteiger partial charge is 0.447 e. The second-order valence-electron chi connectivity index (χ2n) is 6.68. The lowest BCUT2D eigenvalue weighted by molar-refractivity contribution is 0.157. The number of rotatable bonds is 3.